The SMILES string of the molecule is CCCn1ccc(=O)n(Cc2cc(Cl)ccn2)c1=O. The Morgan fingerprint density at radius 2 is 2.11 bits per heavy atom. The summed E-state index contributed by atoms with van der Waals surface area (Å²) < 4.78 is 2.68. The van der Waals surface area contributed by atoms with Crippen molar-refractivity contribution in [1.29, 1.82) is 0 Å². The second-order valence-electron chi connectivity index (χ2n) is 4.18. The number of hydrogen-bond donors (Lipinski definition) is 0. The van der Waals surface area contributed by atoms with Gasteiger partial charge in [0.2, 0.25) is 0 Å². The zero-order valence-corrected chi connectivity index (χ0v) is 11.3. The standard InChI is InChI=1S/C13H14ClN3O2/c1-2-6-16-7-4-12(18)17(13(16)19)9-11-8-10(14)3-5-15-11/h3-5,7-8H,2,6,9H2,1H3. The van der Waals surface area contributed by atoms with Crippen LogP contribution in [-0.2, 0) is 13.1 Å². The van der Waals surface area contributed by atoms with E-state index >= 15 is 0 Å². The first-order chi connectivity index (χ1) is 9.11. The van der Waals surface area contributed by atoms with E-state index in [1.807, 2.05) is 6.92 Å². The molecule has 0 saturated carbocycles. The Morgan fingerprint density at radius 3 is 2.79 bits per heavy atom. The minimum absolute atomic E-state index is 0.128. The summed E-state index contributed by atoms with van der Waals surface area (Å²) in [4.78, 5) is 28.0. The third-order valence-corrected chi connectivity index (χ3v) is 2.94. The number of nitrogens with zero attached hydrogens (tertiary/aromatic N) is 3. The number of hydrogen-bond acceptors (Lipinski definition) is 3. The van der Waals surface area contributed by atoms with Gasteiger partial charge in [-0.05, 0) is 18.6 Å². The van der Waals surface area contributed by atoms with Gasteiger partial charge in [-0.25, -0.2) is 4.79 Å². The fraction of sp³-hybridized carbons (Fsp3) is 0.308. The highest BCUT2D eigenvalue weighted by molar-refractivity contribution is 6.30. The van der Waals surface area contributed by atoms with Crippen molar-refractivity contribution in [3.05, 3.63) is 62.1 Å². The van der Waals surface area contributed by atoms with Crippen molar-refractivity contribution in [2.45, 2.75) is 26.4 Å². The minimum Gasteiger partial charge on any atom is -0.300 e. The molecule has 5 nitrogen and oxygen atoms in total. The van der Waals surface area contributed by atoms with Crippen LogP contribution in [0.5, 0.6) is 0 Å². The van der Waals surface area contributed by atoms with Gasteiger partial charge in [-0.15, -0.1) is 0 Å². The van der Waals surface area contributed by atoms with E-state index in [9.17, 15) is 9.59 Å². The highest BCUT2D eigenvalue weighted by atomic mass is 35.5. The van der Waals surface area contributed by atoms with E-state index in [0.29, 0.717) is 17.3 Å². The molecule has 2 aromatic heterocycles. The van der Waals surface area contributed by atoms with Crippen molar-refractivity contribution in [3.8, 4) is 0 Å². The predicted molar refractivity (Wildman–Crippen MR) is 73.6 cm³/mol. The average molecular weight is 280 g/mol. The molecule has 0 spiro atoms. The van der Waals surface area contributed by atoms with Crippen LogP contribution >= 0.6 is 11.6 Å². The highest BCUT2D eigenvalue weighted by Gasteiger charge is 2.06. The van der Waals surface area contributed by atoms with Crippen LogP contribution in [0, 0.1) is 0 Å². The molecule has 0 aliphatic carbocycles. The quantitative estimate of drug-likeness (QED) is 0.852. The summed E-state index contributed by atoms with van der Waals surface area (Å²) in [5.41, 5.74) is -0.0730. The third kappa shape index (κ3) is 3.12. The van der Waals surface area contributed by atoms with Gasteiger partial charge < -0.3 is 4.57 Å². The molecule has 0 atom stereocenters. The molecule has 19 heavy (non-hydrogen) atoms. The number of halogens is 1. The van der Waals surface area contributed by atoms with E-state index in [-0.39, 0.29) is 17.8 Å². The van der Waals surface area contributed by atoms with E-state index < -0.39 is 0 Å². The summed E-state index contributed by atoms with van der Waals surface area (Å²) in [5, 5.41) is 0.530. The van der Waals surface area contributed by atoms with E-state index in [2.05, 4.69) is 4.98 Å². The number of pyridine rings is 1. The molecule has 0 unspecified atom stereocenters. The van der Waals surface area contributed by atoms with Crippen LogP contribution in [-0.4, -0.2) is 14.1 Å². The number of aryl methyl sites for hydroxylation is 1. The largest absolute Gasteiger partial charge is 0.331 e. The highest BCUT2D eigenvalue weighted by Crippen LogP contribution is 2.07. The van der Waals surface area contributed by atoms with Crippen LogP contribution in [0.2, 0.25) is 5.02 Å². The molecule has 0 bridgehead atoms. The molecule has 2 aromatic rings. The summed E-state index contributed by atoms with van der Waals surface area (Å²) in [6.45, 7) is 2.69. The number of rotatable bonds is 4. The third-order valence-electron chi connectivity index (χ3n) is 2.70. The molecule has 0 N–H and O–H groups in total. The fourth-order valence-corrected chi connectivity index (χ4v) is 1.99. The molecule has 0 aromatic carbocycles. The smallest absolute Gasteiger partial charge is 0.300 e. The molecule has 0 aliphatic rings. The summed E-state index contributed by atoms with van der Waals surface area (Å²) in [6, 6.07) is 4.68. The molecule has 0 fully saturated rings. The lowest BCUT2D eigenvalue weighted by Gasteiger charge is -2.08. The van der Waals surface area contributed by atoms with Gasteiger partial charge in [-0.2, -0.15) is 0 Å². The summed E-state index contributed by atoms with van der Waals surface area (Å²) in [6.07, 6.45) is 3.90. The maximum atomic E-state index is 12.1. The van der Waals surface area contributed by atoms with E-state index in [1.165, 1.54) is 16.8 Å². The summed E-state index contributed by atoms with van der Waals surface area (Å²) >= 11 is 5.86. The van der Waals surface area contributed by atoms with Crippen LogP contribution < -0.4 is 11.2 Å². The fourth-order valence-electron chi connectivity index (χ4n) is 1.81. The van der Waals surface area contributed by atoms with Gasteiger partial charge in [-0.1, -0.05) is 18.5 Å². The van der Waals surface area contributed by atoms with Gasteiger partial charge >= 0.3 is 5.69 Å². The van der Waals surface area contributed by atoms with E-state index in [1.54, 1.807) is 18.3 Å². The van der Waals surface area contributed by atoms with Crippen LogP contribution in [0.15, 0.2) is 40.2 Å². The average Bonchev–Trinajstić information content (AvgIpc) is 2.38. The molecule has 0 saturated heterocycles. The Balaban J connectivity index is 2.42. The van der Waals surface area contributed by atoms with Crippen molar-refractivity contribution in [2.24, 2.45) is 0 Å². The molecule has 2 rings (SSSR count). The van der Waals surface area contributed by atoms with Gasteiger partial charge in [-0.3, -0.25) is 14.3 Å². The van der Waals surface area contributed by atoms with Crippen molar-refractivity contribution in [2.75, 3.05) is 0 Å². The van der Waals surface area contributed by atoms with Crippen LogP contribution in [0.3, 0.4) is 0 Å². The Hall–Kier alpha value is -1.88. The number of aromatic nitrogens is 3. The predicted octanol–water partition coefficient (Wildman–Crippen LogP) is 1.52. The zero-order valence-electron chi connectivity index (χ0n) is 10.5. The van der Waals surface area contributed by atoms with Crippen LogP contribution in [0.25, 0.3) is 0 Å². The minimum atomic E-state index is -0.334. The lowest BCUT2D eigenvalue weighted by Crippen LogP contribution is -2.39. The first-order valence-electron chi connectivity index (χ1n) is 6.02. The lowest BCUT2D eigenvalue weighted by molar-refractivity contribution is 0.567. The molecule has 2 heterocycles. The van der Waals surface area contributed by atoms with Gasteiger partial charge in [0.15, 0.2) is 0 Å². The molecule has 100 valence electrons. The maximum absolute atomic E-state index is 12.1. The second kappa shape index (κ2) is 5.84. The second-order valence-corrected chi connectivity index (χ2v) is 4.62. The molecule has 0 aliphatic heterocycles. The first kappa shape index (κ1) is 13.5. The van der Waals surface area contributed by atoms with Crippen LogP contribution in [0.4, 0.5) is 0 Å². The molecule has 6 heteroatoms. The van der Waals surface area contributed by atoms with Gasteiger partial charge in [0, 0.05) is 30.0 Å². The van der Waals surface area contributed by atoms with E-state index in [4.69, 9.17) is 11.6 Å². The van der Waals surface area contributed by atoms with Crippen molar-refractivity contribution in [3.63, 3.8) is 0 Å². The first-order valence-corrected chi connectivity index (χ1v) is 6.40. The zero-order chi connectivity index (χ0) is 13.8. The van der Waals surface area contributed by atoms with Crippen molar-refractivity contribution in [1.82, 2.24) is 14.1 Å². The Labute approximate surface area is 115 Å². The lowest BCUT2D eigenvalue weighted by atomic mass is 10.3. The van der Waals surface area contributed by atoms with Crippen molar-refractivity contribution < 1.29 is 0 Å². The summed E-state index contributed by atoms with van der Waals surface area (Å²) in [5.74, 6) is 0. The summed E-state index contributed by atoms with van der Waals surface area (Å²) in [7, 11) is 0. The van der Waals surface area contributed by atoms with Gasteiger partial charge in [0.25, 0.3) is 5.56 Å². The van der Waals surface area contributed by atoms with Gasteiger partial charge in [0.05, 0.1) is 12.2 Å². The molecular weight excluding hydrogens is 266 g/mol. The Morgan fingerprint density at radius 1 is 1.32 bits per heavy atom. The maximum Gasteiger partial charge on any atom is 0.331 e. The Kier molecular flexibility index (Phi) is 4.16. The normalized spacial score (nSPS) is 10.6. The van der Waals surface area contributed by atoms with Crippen LogP contribution in [0.1, 0.15) is 19.0 Å². The monoisotopic (exact) mass is 279 g/mol. The van der Waals surface area contributed by atoms with Gasteiger partial charge in [0.1, 0.15) is 0 Å². The molecule has 0 amide bonds. The van der Waals surface area contributed by atoms with E-state index in [0.717, 1.165) is 11.0 Å². The topological polar surface area (TPSA) is 56.9 Å². The van der Waals surface area contributed by atoms with Crippen molar-refractivity contribution >= 4 is 11.6 Å². The molecular formula is C13H14ClN3O2. The molecule has 0 radical (unpaired) electrons. The Bertz CT molecular complexity index is 691.